The van der Waals surface area contributed by atoms with Crippen LogP contribution >= 0.6 is 11.3 Å². The van der Waals surface area contributed by atoms with E-state index in [0.29, 0.717) is 17.1 Å². The van der Waals surface area contributed by atoms with Crippen LogP contribution in [-0.4, -0.2) is 33.2 Å². The van der Waals surface area contributed by atoms with Gasteiger partial charge in [0, 0.05) is 0 Å². The highest BCUT2D eigenvalue weighted by molar-refractivity contribution is 7.18. The molecular weight excluding hydrogens is 344 g/mol. The van der Waals surface area contributed by atoms with Crippen molar-refractivity contribution < 1.29 is 23.8 Å². The Morgan fingerprint density at radius 2 is 1.76 bits per heavy atom. The summed E-state index contributed by atoms with van der Waals surface area (Å²) < 4.78 is 15.1. The second kappa shape index (κ2) is 7.68. The number of carbonyl (C=O) groups is 2. The monoisotopic (exact) mass is 360 g/mol. The molecule has 0 aliphatic carbocycles. The molecule has 0 unspecified atom stereocenters. The van der Waals surface area contributed by atoms with Crippen LogP contribution in [0.1, 0.15) is 31.2 Å². The number of anilines is 1. The molecule has 1 aromatic heterocycles. The summed E-state index contributed by atoms with van der Waals surface area (Å²) in [5, 5.41) is 12.3. The van der Waals surface area contributed by atoms with Crippen LogP contribution in [-0.2, 0) is 4.74 Å². The molecule has 7 nitrogen and oxygen atoms in total. The van der Waals surface area contributed by atoms with Crippen LogP contribution in [0.25, 0.3) is 0 Å². The quantitative estimate of drug-likeness (QED) is 0.823. The van der Waals surface area contributed by atoms with Gasteiger partial charge in [-0.05, 0) is 24.6 Å². The van der Waals surface area contributed by atoms with Crippen molar-refractivity contribution in [2.45, 2.75) is 6.92 Å². The van der Waals surface area contributed by atoms with Crippen molar-refractivity contribution in [2.24, 2.45) is 0 Å². The number of hydrogen-bond donors (Lipinski definition) is 1. The van der Waals surface area contributed by atoms with Crippen molar-refractivity contribution in [3.05, 3.63) is 39.8 Å². The third-order valence-electron chi connectivity index (χ3n) is 3.51. The Labute approximate surface area is 148 Å². The first-order valence-electron chi connectivity index (χ1n) is 7.12. The van der Waals surface area contributed by atoms with Crippen molar-refractivity contribution in [1.82, 2.24) is 0 Å². The number of carbonyl (C=O) groups excluding carboxylic acids is 2. The Morgan fingerprint density at radius 3 is 2.24 bits per heavy atom. The molecule has 0 saturated carbocycles. The zero-order valence-electron chi connectivity index (χ0n) is 14.1. The Kier molecular flexibility index (Phi) is 5.62. The Hall–Kier alpha value is -3.05. The van der Waals surface area contributed by atoms with E-state index < -0.39 is 11.9 Å². The second-order valence-electron chi connectivity index (χ2n) is 4.86. The van der Waals surface area contributed by atoms with Gasteiger partial charge in [-0.2, -0.15) is 5.26 Å². The molecule has 1 heterocycles. The molecule has 2 aromatic rings. The lowest BCUT2D eigenvalue weighted by atomic mass is 10.1. The average molecular weight is 360 g/mol. The molecule has 0 fully saturated rings. The molecule has 1 N–H and O–H groups in total. The van der Waals surface area contributed by atoms with Crippen LogP contribution in [0.5, 0.6) is 11.5 Å². The van der Waals surface area contributed by atoms with Crippen molar-refractivity contribution in [3.63, 3.8) is 0 Å². The van der Waals surface area contributed by atoms with E-state index in [2.05, 4.69) is 5.32 Å². The maximum atomic E-state index is 12.7. The Morgan fingerprint density at radius 1 is 1.16 bits per heavy atom. The summed E-state index contributed by atoms with van der Waals surface area (Å²) in [5.41, 5.74) is 0.872. The minimum absolute atomic E-state index is 0.196. The fraction of sp³-hybridized carbons (Fsp3) is 0.235. The summed E-state index contributed by atoms with van der Waals surface area (Å²) in [6, 6.07) is 6.95. The van der Waals surface area contributed by atoms with Gasteiger partial charge in [-0.15, -0.1) is 11.3 Å². The average Bonchev–Trinajstić information content (AvgIpc) is 2.95. The van der Waals surface area contributed by atoms with E-state index in [1.165, 1.54) is 21.3 Å². The molecule has 0 spiro atoms. The molecule has 0 aliphatic heterocycles. The number of rotatable bonds is 5. The van der Waals surface area contributed by atoms with Crippen LogP contribution in [0.3, 0.4) is 0 Å². The van der Waals surface area contributed by atoms with Crippen molar-refractivity contribution >= 4 is 28.2 Å². The normalized spacial score (nSPS) is 9.88. The summed E-state index contributed by atoms with van der Waals surface area (Å²) in [6.07, 6.45) is 0. The summed E-state index contributed by atoms with van der Waals surface area (Å²) in [4.78, 5) is 24.8. The predicted molar refractivity (Wildman–Crippen MR) is 92.6 cm³/mol. The lowest BCUT2D eigenvalue weighted by Crippen LogP contribution is -2.14. The van der Waals surface area contributed by atoms with Crippen molar-refractivity contribution in [3.8, 4) is 17.6 Å². The molecule has 8 heteroatoms. The Bertz CT molecular complexity index is 844. The molecule has 0 radical (unpaired) electrons. The lowest BCUT2D eigenvalue weighted by Gasteiger charge is -2.12. The van der Waals surface area contributed by atoms with E-state index in [1.807, 2.05) is 6.07 Å². The number of benzene rings is 1. The first-order chi connectivity index (χ1) is 12.0. The van der Waals surface area contributed by atoms with Crippen LogP contribution in [0, 0.1) is 18.3 Å². The van der Waals surface area contributed by atoms with E-state index in [0.717, 1.165) is 11.3 Å². The summed E-state index contributed by atoms with van der Waals surface area (Å²) in [7, 11) is 4.14. The van der Waals surface area contributed by atoms with Crippen LogP contribution in [0.4, 0.5) is 5.00 Å². The van der Waals surface area contributed by atoms with Gasteiger partial charge in [-0.3, -0.25) is 4.79 Å². The van der Waals surface area contributed by atoms with Gasteiger partial charge in [0.25, 0.3) is 5.91 Å². The van der Waals surface area contributed by atoms with Crippen LogP contribution in [0.2, 0.25) is 0 Å². The lowest BCUT2D eigenvalue weighted by molar-refractivity contribution is 0.0605. The van der Waals surface area contributed by atoms with E-state index in [-0.39, 0.29) is 21.0 Å². The van der Waals surface area contributed by atoms with Gasteiger partial charge >= 0.3 is 5.97 Å². The minimum Gasteiger partial charge on any atom is -0.496 e. The molecular formula is C17H16N2O5S. The Balaban J connectivity index is 2.46. The molecule has 0 saturated heterocycles. The molecule has 0 bridgehead atoms. The van der Waals surface area contributed by atoms with E-state index in [1.54, 1.807) is 25.1 Å². The van der Waals surface area contributed by atoms with E-state index in [4.69, 9.17) is 14.2 Å². The highest BCUT2D eigenvalue weighted by Gasteiger charge is 2.24. The molecule has 0 atom stereocenters. The number of amides is 1. The summed E-state index contributed by atoms with van der Waals surface area (Å²) in [5.74, 6) is -0.411. The van der Waals surface area contributed by atoms with E-state index in [9.17, 15) is 14.9 Å². The smallest absolute Gasteiger partial charge is 0.348 e. The second-order valence-corrected chi connectivity index (χ2v) is 5.88. The fourth-order valence-electron chi connectivity index (χ4n) is 2.26. The van der Waals surface area contributed by atoms with Gasteiger partial charge in [-0.25, -0.2) is 4.79 Å². The largest absolute Gasteiger partial charge is 0.496 e. The zero-order chi connectivity index (χ0) is 18.6. The molecule has 0 aliphatic rings. The molecule has 25 heavy (non-hydrogen) atoms. The maximum absolute atomic E-state index is 12.7. The standard InChI is InChI=1S/C17H16N2O5S/c1-9-10(8-18)16(25-14(9)17(21)24-4)19-15(20)13-11(22-2)6-5-7-12(13)23-3/h5-7H,1-4H3,(H,19,20). The number of nitrogens with one attached hydrogen (secondary N) is 1. The van der Waals surface area contributed by atoms with Gasteiger partial charge in [0.05, 0.1) is 26.9 Å². The third-order valence-corrected chi connectivity index (χ3v) is 4.70. The third kappa shape index (κ3) is 3.41. The van der Waals surface area contributed by atoms with Crippen LogP contribution in [0.15, 0.2) is 18.2 Å². The highest BCUT2D eigenvalue weighted by Crippen LogP contribution is 2.35. The highest BCUT2D eigenvalue weighted by atomic mass is 32.1. The van der Waals surface area contributed by atoms with Gasteiger partial charge in [-0.1, -0.05) is 6.07 Å². The number of hydrogen-bond acceptors (Lipinski definition) is 7. The molecule has 2 rings (SSSR count). The van der Waals surface area contributed by atoms with Gasteiger partial charge in [0.2, 0.25) is 0 Å². The number of nitrogens with zero attached hydrogens (tertiary/aromatic N) is 1. The molecule has 130 valence electrons. The van der Waals surface area contributed by atoms with Crippen molar-refractivity contribution in [1.29, 1.82) is 5.26 Å². The summed E-state index contributed by atoms with van der Waals surface area (Å²) >= 11 is 0.983. The SMILES string of the molecule is COC(=O)c1sc(NC(=O)c2c(OC)cccc2OC)c(C#N)c1C. The van der Waals surface area contributed by atoms with Gasteiger partial charge in [0.15, 0.2) is 0 Å². The topological polar surface area (TPSA) is 97.7 Å². The van der Waals surface area contributed by atoms with Gasteiger partial charge < -0.3 is 19.5 Å². The number of esters is 1. The maximum Gasteiger partial charge on any atom is 0.348 e. The molecule has 1 aromatic carbocycles. The fourth-order valence-corrected chi connectivity index (χ4v) is 3.33. The predicted octanol–water partition coefficient (Wildman–Crippen LogP) is 2.98. The minimum atomic E-state index is -0.561. The number of thiophene rings is 1. The number of methoxy groups -OCH3 is 3. The number of ether oxygens (including phenoxy) is 3. The number of nitriles is 1. The van der Waals surface area contributed by atoms with Crippen LogP contribution < -0.4 is 14.8 Å². The van der Waals surface area contributed by atoms with E-state index >= 15 is 0 Å². The zero-order valence-corrected chi connectivity index (χ0v) is 14.9. The van der Waals surface area contributed by atoms with Crippen molar-refractivity contribution in [2.75, 3.05) is 26.6 Å². The first kappa shape index (κ1) is 18.3. The van der Waals surface area contributed by atoms with Gasteiger partial charge in [0.1, 0.15) is 33.0 Å². The first-order valence-corrected chi connectivity index (χ1v) is 7.94. The molecule has 1 amide bonds. The summed E-state index contributed by atoms with van der Waals surface area (Å²) in [6.45, 7) is 1.63.